The number of H-pyrrole nitrogens is 2. The highest BCUT2D eigenvalue weighted by Crippen LogP contribution is 2.20. The van der Waals surface area contributed by atoms with Crippen LogP contribution in [0.1, 0.15) is 16.1 Å². The number of carbonyl (C=O) groups excluding carboxylic acids is 2. The zero-order chi connectivity index (χ0) is 20.4. The van der Waals surface area contributed by atoms with Gasteiger partial charge in [0, 0.05) is 28.9 Å². The smallest absolute Gasteiger partial charge is 0.328 e. The van der Waals surface area contributed by atoms with Crippen molar-refractivity contribution >= 4 is 33.6 Å². The molecule has 4 aromatic rings. The maximum absolute atomic E-state index is 12.9. The van der Waals surface area contributed by atoms with Crippen molar-refractivity contribution in [3.63, 3.8) is 0 Å². The van der Waals surface area contributed by atoms with Crippen molar-refractivity contribution in [2.75, 3.05) is 7.11 Å². The molecule has 146 valence electrons. The number of ether oxygens (including phenoxy) is 1. The molecule has 0 saturated carbocycles. The average Bonchev–Trinajstić information content (AvgIpc) is 3.16. The van der Waals surface area contributed by atoms with E-state index in [0.29, 0.717) is 10.8 Å². The number of benzene rings is 2. The van der Waals surface area contributed by atoms with E-state index in [-0.39, 0.29) is 17.7 Å². The highest BCUT2D eigenvalue weighted by Gasteiger charge is 2.25. The monoisotopic (exact) mass is 390 g/mol. The summed E-state index contributed by atoms with van der Waals surface area (Å²) in [6.07, 6.45) is 2.05. The molecule has 0 spiro atoms. The summed E-state index contributed by atoms with van der Waals surface area (Å²) in [5.41, 5.74) is 1.45. The quantitative estimate of drug-likeness (QED) is 0.450. The van der Waals surface area contributed by atoms with Gasteiger partial charge in [-0.1, -0.05) is 36.4 Å². The van der Waals surface area contributed by atoms with Crippen molar-refractivity contribution in [2.24, 2.45) is 0 Å². The van der Waals surface area contributed by atoms with Gasteiger partial charge in [0.15, 0.2) is 5.69 Å². The van der Waals surface area contributed by atoms with Gasteiger partial charge in [0.1, 0.15) is 6.04 Å². The Bertz CT molecular complexity index is 1270. The summed E-state index contributed by atoms with van der Waals surface area (Å²) in [7, 11) is 1.27. The zero-order valence-electron chi connectivity index (χ0n) is 15.6. The Hall–Kier alpha value is -3.94. The Morgan fingerprint density at radius 1 is 1.07 bits per heavy atom. The summed E-state index contributed by atoms with van der Waals surface area (Å²) in [5, 5.41) is 10.6. The predicted octanol–water partition coefficient (Wildman–Crippen LogP) is 1.92. The number of amides is 1. The van der Waals surface area contributed by atoms with Crippen LogP contribution < -0.4 is 10.9 Å². The number of nitrogens with zero attached hydrogens (tertiary/aromatic N) is 1. The van der Waals surface area contributed by atoms with E-state index in [2.05, 4.69) is 20.5 Å². The number of esters is 1. The van der Waals surface area contributed by atoms with Gasteiger partial charge in [0.2, 0.25) is 0 Å². The van der Waals surface area contributed by atoms with E-state index in [1.54, 1.807) is 30.5 Å². The fraction of sp³-hybridized carbons (Fsp3) is 0.143. The molecule has 0 bridgehead atoms. The largest absolute Gasteiger partial charge is 0.467 e. The topological polar surface area (TPSA) is 117 Å². The lowest BCUT2D eigenvalue weighted by Crippen LogP contribution is -2.43. The SMILES string of the molecule is COC(=O)C(Cc1c[nH]c2ccccc12)NC(=O)c1n[nH]c(=O)c2ccccc12. The van der Waals surface area contributed by atoms with Gasteiger partial charge in [-0.05, 0) is 17.7 Å². The number of aromatic amines is 2. The van der Waals surface area contributed by atoms with Crippen molar-refractivity contribution in [3.8, 4) is 0 Å². The Kier molecular flexibility index (Phi) is 4.82. The molecule has 0 fully saturated rings. The molecule has 0 aliphatic heterocycles. The van der Waals surface area contributed by atoms with E-state index in [0.717, 1.165) is 16.5 Å². The van der Waals surface area contributed by atoms with Gasteiger partial charge in [-0.2, -0.15) is 5.10 Å². The number of hydrogen-bond donors (Lipinski definition) is 3. The first-order valence-corrected chi connectivity index (χ1v) is 8.99. The molecule has 8 heteroatoms. The maximum Gasteiger partial charge on any atom is 0.328 e. The Balaban J connectivity index is 1.65. The molecule has 1 atom stereocenters. The van der Waals surface area contributed by atoms with Crippen molar-refractivity contribution in [1.29, 1.82) is 0 Å². The normalized spacial score (nSPS) is 12.0. The lowest BCUT2D eigenvalue weighted by Gasteiger charge is -2.16. The number of carbonyl (C=O) groups is 2. The lowest BCUT2D eigenvalue weighted by molar-refractivity contribution is -0.142. The highest BCUT2D eigenvalue weighted by molar-refractivity contribution is 6.05. The second-order valence-corrected chi connectivity index (χ2v) is 6.56. The van der Waals surface area contributed by atoms with Crippen LogP contribution in [-0.4, -0.2) is 40.2 Å². The summed E-state index contributed by atoms with van der Waals surface area (Å²) < 4.78 is 4.87. The molecule has 1 amide bonds. The van der Waals surface area contributed by atoms with Crippen LogP contribution in [0.25, 0.3) is 21.7 Å². The number of rotatable bonds is 5. The van der Waals surface area contributed by atoms with Crippen LogP contribution in [0.4, 0.5) is 0 Å². The van der Waals surface area contributed by atoms with E-state index in [1.807, 2.05) is 24.3 Å². The lowest BCUT2D eigenvalue weighted by atomic mass is 10.0. The van der Waals surface area contributed by atoms with Crippen molar-refractivity contribution in [1.82, 2.24) is 20.5 Å². The molecule has 29 heavy (non-hydrogen) atoms. The molecule has 2 aromatic carbocycles. The van der Waals surface area contributed by atoms with Crippen molar-refractivity contribution in [2.45, 2.75) is 12.5 Å². The minimum absolute atomic E-state index is 0.0352. The Labute approximate surface area is 164 Å². The molecule has 0 aliphatic carbocycles. The first-order valence-electron chi connectivity index (χ1n) is 8.99. The minimum atomic E-state index is -0.917. The van der Waals surface area contributed by atoms with Crippen LogP contribution in [-0.2, 0) is 16.0 Å². The van der Waals surface area contributed by atoms with Gasteiger partial charge in [-0.15, -0.1) is 0 Å². The van der Waals surface area contributed by atoms with Crippen LogP contribution >= 0.6 is 0 Å². The number of methoxy groups -OCH3 is 1. The van der Waals surface area contributed by atoms with Gasteiger partial charge in [0.25, 0.3) is 11.5 Å². The van der Waals surface area contributed by atoms with E-state index in [9.17, 15) is 14.4 Å². The van der Waals surface area contributed by atoms with Crippen molar-refractivity contribution in [3.05, 3.63) is 76.3 Å². The molecule has 2 aromatic heterocycles. The number of hydrogen-bond acceptors (Lipinski definition) is 5. The zero-order valence-corrected chi connectivity index (χ0v) is 15.6. The number of aromatic nitrogens is 3. The summed E-state index contributed by atoms with van der Waals surface area (Å²) in [6, 6.07) is 13.4. The fourth-order valence-corrected chi connectivity index (χ4v) is 3.37. The molecule has 1 unspecified atom stereocenters. The number of fused-ring (bicyclic) bond motifs is 2. The molecular formula is C21H18N4O4. The van der Waals surface area contributed by atoms with Crippen LogP contribution in [0.15, 0.2) is 59.5 Å². The maximum atomic E-state index is 12.9. The van der Waals surface area contributed by atoms with Gasteiger partial charge in [0.05, 0.1) is 12.5 Å². The van der Waals surface area contributed by atoms with Gasteiger partial charge >= 0.3 is 5.97 Å². The summed E-state index contributed by atoms with van der Waals surface area (Å²) in [4.78, 5) is 40.3. The molecule has 0 radical (unpaired) electrons. The first-order chi connectivity index (χ1) is 14.1. The molecular weight excluding hydrogens is 372 g/mol. The van der Waals surface area contributed by atoms with Gasteiger partial charge in [-0.3, -0.25) is 9.59 Å². The summed E-state index contributed by atoms with van der Waals surface area (Å²) in [6.45, 7) is 0. The molecule has 8 nitrogen and oxygen atoms in total. The average molecular weight is 390 g/mol. The van der Waals surface area contributed by atoms with E-state index in [4.69, 9.17) is 4.74 Å². The fourth-order valence-electron chi connectivity index (χ4n) is 3.37. The molecule has 3 N–H and O–H groups in total. The van der Waals surface area contributed by atoms with Gasteiger partial charge < -0.3 is 15.0 Å². The molecule has 4 rings (SSSR count). The second kappa shape index (κ2) is 7.59. The van der Waals surface area contributed by atoms with E-state index in [1.165, 1.54) is 7.11 Å². The Morgan fingerprint density at radius 3 is 2.52 bits per heavy atom. The van der Waals surface area contributed by atoms with Crippen LogP contribution in [0.3, 0.4) is 0 Å². The third-order valence-corrected chi connectivity index (χ3v) is 4.80. The van der Waals surface area contributed by atoms with Gasteiger partial charge in [-0.25, -0.2) is 9.89 Å². The van der Waals surface area contributed by atoms with Crippen LogP contribution in [0.2, 0.25) is 0 Å². The summed E-state index contributed by atoms with van der Waals surface area (Å²) in [5.74, 6) is -1.15. The third-order valence-electron chi connectivity index (χ3n) is 4.80. The minimum Gasteiger partial charge on any atom is -0.467 e. The first kappa shape index (κ1) is 18.4. The predicted molar refractivity (Wildman–Crippen MR) is 108 cm³/mol. The van der Waals surface area contributed by atoms with Crippen LogP contribution in [0, 0.1) is 0 Å². The summed E-state index contributed by atoms with van der Waals surface area (Å²) >= 11 is 0. The van der Waals surface area contributed by atoms with E-state index >= 15 is 0 Å². The second-order valence-electron chi connectivity index (χ2n) is 6.56. The molecule has 2 heterocycles. The van der Waals surface area contributed by atoms with Crippen LogP contribution in [0.5, 0.6) is 0 Å². The highest BCUT2D eigenvalue weighted by atomic mass is 16.5. The molecule has 0 aliphatic rings. The number of para-hydroxylation sites is 1. The number of nitrogens with one attached hydrogen (secondary N) is 3. The standard InChI is InChI=1S/C21H18N4O4/c1-29-21(28)17(10-12-11-22-16-9-5-4-6-13(12)16)23-20(27)18-14-7-2-3-8-15(14)19(26)25-24-18/h2-9,11,17,22H,10H2,1H3,(H,23,27)(H,25,26). The third kappa shape index (κ3) is 3.47. The van der Waals surface area contributed by atoms with E-state index < -0.39 is 17.9 Å². The van der Waals surface area contributed by atoms with Crippen molar-refractivity contribution < 1.29 is 14.3 Å². The molecule has 0 saturated heterocycles. The Morgan fingerprint density at radius 2 is 1.76 bits per heavy atom.